The fourth-order valence-electron chi connectivity index (χ4n) is 2.05. The van der Waals surface area contributed by atoms with Crippen LogP contribution >= 0.6 is 0 Å². The number of nitrogens with zero attached hydrogens (tertiary/aromatic N) is 4. The average molecular weight is 259 g/mol. The van der Waals surface area contributed by atoms with E-state index in [0.29, 0.717) is 29.2 Å². The number of hydrogen-bond donors (Lipinski definition) is 1. The van der Waals surface area contributed by atoms with Gasteiger partial charge in [0.15, 0.2) is 5.65 Å². The highest BCUT2D eigenvalue weighted by Gasteiger charge is 2.18. The normalized spacial score (nSPS) is 11.3. The van der Waals surface area contributed by atoms with Crippen molar-refractivity contribution < 1.29 is 4.42 Å². The Hall–Kier alpha value is -2.44. The monoisotopic (exact) mass is 259 g/mol. The molecule has 1 N–H and O–H groups in total. The molecule has 0 aliphatic rings. The second-order valence-corrected chi connectivity index (χ2v) is 4.34. The fraction of sp³-hybridized carbons (Fsp3) is 0.333. The third-order valence-corrected chi connectivity index (χ3v) is 3.02. The molecule has 0 aliphatic heterocycles. The second kappa shape index (κ2) is 4.04. The van der Waals surface area contributed by atoms with E-state index in [1.54, 1.807) is 13.1 Å². The zero-order valence-corrected chi connectivity index (χ0v) is 10.9. The zero-order valence-electron chi connectivity index (χ0n) is 10.9. The summed E-state index contributed by atoms with van der Waals surface area (Å²) in [4.78, 5) is 16.9. The van der Waals surface area contributed by atoms with Gasteiger partial charge in [-0.15, -0.1) is 10.2 Å². The Balaban J connectivity index is 2.40. The molecule has 0 radical (unpaired) electrons. The van der Waals surface area contributed by atoms with Crippen molar-refractivity contribution in [2.75, 3.05) is 0 Å². The van der Waals surface area contributed by atoms with E-state index < -0.39 is 0 Å². The molecule has 0 aliphatic carbocycles. The highest BCUT2D eigenvalue weighted by molar-refractivity contribution is 5.58. The Morgan fingerprint density at radius 1 is 1.37 bits per heavy atom. The summed E-state index contributed by atoms with van der Waals surface area (Å²) in [5.41, 5.74) is 2.36. The highest BCUT2D eigenvalue weighted by Crippen LogP contribution is 2.20. The second-order valence-electron chi connectivity index (χ2n) is 4.34. The van der Waals surface area contributed by atoms with Gasteiger partial charge in [-0.2, -0.15) is 0 Å². The first-order valence-electron chi connectivity index (χ1n) is 6.02. The predicted molar refractivity (Wildman–Crippen MR) is 68.0 cm³/mol. The number of rotatable bonds is 2. The number of aromatic amines is 1. The first-order chi connectivity index (χ1) is 9.11. The molecule has 0 amide bonds. The molecule has 3 aromatic heterocycles. The van der Waals surface area contributed by atoms with Crippen LogP contribution in [0, 0.1) is 13.8 Å². The van der Waals surface area contributed by atoms with Gasteiger partial charge in [-0.25, -0.2) is 9.50 Å². The molecule has 3 heterocycles. The Morgan fingerprint density at radius 3 is 2.79 bits per heavy atom. The van der Waals surface area contributed by atoms with E-state index >= 15 is 0 Å². The van der Waals surface area contributed by atoms with Gasteiger partial charge in [-0.1, -0.05) is 6.92 Å². The minimum Gasteiger partial charge on any atom is -0.420 e. The molecule has 0 unspecified atom stereocenters. The molecular weight excluding hydrogens is 246 g/mol. The van der Waals surface area contributed by atoms with E-state index in [1.165, 1.54) is 4.52 Å². The molecule has 0 saturated heterocycles. The summed E-state index contributed by atoms with van der Waals surface area (Å²) in [5, 5.41) is 10.6. The average Bonchev–Trinajstić information content (AvgIpc) is 2.97. The summed E-state index contributed by atoms with van der Waals surface area (Å²) in [6, 6.07) is 0. The lowest BCUT2D eigenvalue weighted by Gasteiger charge is -2.03. The standard InChI is InChI=1S/C12H13N5O2/c1-4-8-9(11-16-15-7(3)19-11)14-10-6(2)5-13-17(10)12(8)18/h5,13H,4H2,1-3H3. The van der Waals surface area contributed by atoms with Gasteiger partial charge in [0.25, 0.3) is 11.4 Å². The van der Waals surface area contributed by atoms with Crippen LogP contribution in [0.3, 0.4) is 0 Å². The molecule has 0 bridgehead atoms. The van der Waals surface area contributed by atoms with Crippen LogP contribution in [-0.4, -0.2) is 24.8 Å². The highest BCUT2D eigenvalue weighted by atomic mass is 16.4. The maximum atomic E-state index is 12.4. The molecule has 98 valence electrons. The van der Waals surface area contributed by atoms with Crippen molar-refractivity contribution in [3.05, 3.63) is 33.6 Å². The molecule has 7 heteroatoms. The number of nitrogens with one attached hydrogen (secondary N) is 1. The van der Waals surface area contributed by atoms with Gasteiger partial charge in [0.1, 0.15) is 5.69 Å². The van der Waals surface area contributed by atoms with E-state index in [9.17, 15) is 4.79 Å². The van der Waals surface area contributed by atoms with E-state index in [4.69, 9.17) is 4.42 Å². The van der Waals surface area contributed by atoms with Crippen molar-refractivity contribution in [1.29, 1.82) is 0 Å². The molecule has 0 spiro atoms. The summed E-state index contributed by atoms with van der Waals surface area (Å²) < 4.78 is 6.82. The van der Waals surface area contributed by atoms with Gasteiger partial charge in [0, 0.05) is 18.7 Å². The first-order valence-corrected chi connectivity index (χ1v) is 6.02. The summed E-state index contributed by atoms with van der Waals surface area (Å²) in [6.07, 6.45) is 2.29. The number of fused-ring (bicyclic) bond motifs is 1. The van der Waals surface area contributed by atoms with E-state index in [2.05, 4.69) is 20.3 Å². The van der Waals surface area contributed by atoms with Crippen molar-refractivity contribution in [3.63, 3.8) is 0 Å². The third-order valence-electron chi connectivity index (χ3n) is 3.02. The molecule has 0 saturated carbocycles. The Morgan fingerprint density at radius 2 is 2.16 bits per heavy atom. The molecular formula is C12H13N5O2. The molecule has 7 nitrogen and oxygen atoms in total. The number of aromatic nitrogens is 5. The number of hydrogen-bond acceptors (Lipinski definition) is 5. The Bertz CT molecular complexity index is 811. The van der Waals surface area contributed by atoms with Gasteiger partial charge in [0.05, 0.1) is 5.56 Å². The van der Waals surface area contributed by atoms with Crippen molar-refractivity contribution in [1.82, 2.24) is 24.8 Å². The molecule has 0 aromatic carbocycles. The topological polar surface area (TPSA) is 89.1 Å². The maximum absolute atomic E-state index is 12.4. The van der Waals surface area contributed by atoms with Crippen molar-refractivity contribution in [2.24, 2.45) is 0 Å². The van der Waals surface area contributed by atoms with Crippen LogP contribution in [0.25, 0.3) is 17.2 Å². The predicted octanol–water partition coefficient (Wildman–Crippen LogP) is 1.25. The lowest BCUT2D eigenvalue weighted by molar-refractivity contribution is 0.530. The minimum atomic E-state index is -0.133. The smallest absolute Gasteiger partial charge is 0.276 e. The van der Waals surface area contributed by atoms with Gasteiger partial charge in [0.2, 0.25) is 5.89 Å². The van der Waals surface area contributed by atoms with Crippen LogP contribution in [0.5, 0.6) is 0 Å². The van der Waals surface area contributed by atoms with Gasteiger partial charge >= 0.3 is 0 Å². The number of aryl methyl sites for hydroxylation is 2. The largest absolute Gasteiger partial charge is 0.420 e. The quantitative estimate of drug-likeness (QED) is 0.748. The molecule has 3 aromatic rings. The molecule has 0 atom stereocenters. The summed E-state index contributed by atoms with van der Waals surface area (Å²) in [7, 11) is 0. The maximum Gasteiger partial charge on any atom is 0.276 e. The summed E-state index contributed by atoms with van der Waals surface area (Å²) in [5.74, 6) is 0.736. The van der Waals surface area contributed by atoms with Crippen LogP contribution in [0.15, 0.2) is 15.4 Å². The summed E-state index contributed by atoms with van der Waals surface area (Å²) in [6.45, 7) is 5.48. The molecule has 3 rings (SSSR count). The zero-order chi connectivity index (χ0) is 13.6. The van der Waals surface area contributed by atoms with Crippen molar-refractivity contribution in [2.45, 2.75) is 27.2 Å². The van der Waals surface area contributed by atoms with Crippen molar-refractivity contribution in [3.8, 4) is 11.6 Å². The van der Waals surface area contributed by atoms with E-state index in [-0.39, 0.29) is 11.4 Å². The molecule has 19 heavy (non-hydrogen) atoms. The third kappa shape index (κ3) is 1.66. The van der Waals surface area contributed by atoms with Gasteiger partial charge in [-0.05, 0) is 13.3 Å². The Kier molecular flexibility index (Phi) is 2.48. The summed E-state index contributed by atoms with van der Waals surface area (Å²) >= 11 is 0. The molecule has 0 fully saturated rings. The SMILES string of the molecule is CCc1c(-c2nnc(C)o2)nc2c(C)c[nH]n2c1=O. The van der Waals surface area contributed by atoms with Crippen LogP contribution in [0.2, 0.25) is 0 Å². The van der Waals surface area contributed by atoms with E-state index in [1.807, 2.05) is 13.8 Å². The van der Waals surface area contributed by atoms with E-state index in [0.717, 1.165) is 5.56 Å². The van der Waals surface area contributed by atoms with Crippen LogP contribution in [0.1, 0.15) is 23.9 Å². The number of H-pyrrole nitrogens is 1. The van der Waals surface area contributed by atoms with Gasteiger partial charge < -0.3 is 4.42 Å². The fourth-order valence-corrected chi connectivity index (χ4v) is 2.05. The van der Waals surface area contributed by atoms with Crippen LogP contribution in [0.4, 0.5) is 0 Å². The lowest BCUT2D eigenvalue weighted by Crippen LogP contribution is -2.21. The lowest BCUT2D eigenvalue weighted by atomic mass is 10.1. The Labute approximate surface area is 108 Å². The van der Waals surface area contributed by atoms with Crippen molar-refractivity contribution >= 4 is 5.65 Å². The van der Waals surface area contributed by atoms with Crippen LogP contribution in [-0.2, 0) is 6.42 Å². The van der Waals surface area contributed by atoms with Gasteiger partial charge in [-0.3, -0.25) is 9.89 Å². The van der Waals surface area contributed by atoms with Crippen LogP contribution < -0.4 is 5.56 Å². The minimum absolute atomic E-state index is 0.133. The first kappa shape index (κ1) is 11.6.